The summed E-state index contributed by atoms with van der Waals surface area (Å²) in [6, 6.07) is 8.05. The number of nitrogens with zero attached hydrogens (tertiary/aromatic N) is 1. The van der Waals surface area contributed by atoms with Gasteiger partial charge in [0.15, 0.2) is 11.0 Å². The number of hydrogen-bond acceptors (Lipinski definition) is 2. The highest BCUT2D eigenvalue weighted by atomic mass is 35.5. The Kier molecular flexibility index (Phi) is 6.05. The molecule has 0 fully saturated rings. The minimum absolute atomic E-state index is 0.813. The predicted octanol–water partition coefficient (Wildman–Crippen LogP) is 4.87. The number of quaternary nitrogens is 1. The molecule has 0 amide bonds. The quantitative estimate of drug-likeness (QED) is 0.413. The van der Waals surface area contributed by atoms with Crippen LogP contribution in [0, 0.1) is 0 Å². The van der Waals surface area contributed by atoms with Crippen LogP contribution in [0.3, 0.4) is 0 Å². The average molecular weight is 277 g/mol. The molecule has 16 heavy (non-hydrogen) atoms. The monoisotopic (exact) mass is 276 g/mol. The molecule has 1 rings (SSSR count). The van der Waals surface area contributed by atoms with Gasteiger partial charge in [0.2, 0.25) is 0 Å². The lowest BCUT2D eigenvalue weighted by molar-refractivity contribution is -0.787. The van der Waals surface area contributed by atoms with Crippen molar-refractivity contribution in [3.05, 3.63) is 29.3 Å². The molecule has 0 aliphatic heterocycles. The molecular formula is C12H19ClNS2+. The van der Waals surface area contributed by atoms with E-state index in [4.69, 9.17) is 11.6 Å². The molecule has 0 bridgehead atoms. The number of hydrogen-bond donors (Lipinski definition) is 0. The third-order valence-corrected chi connectivity index (χ3v) is 6.41. The van der Waals surface area contributed by atoms with Gasteiger partial charge in [0.1, 0.15) is 0 Å². The Balaban J connectivity index is 2.62. The van der Waals surface area contributed by atoms with E-state index in [-0.39, 0.29) is 0 Å². The second-order valence-electron chi connectivity index (χ2n) is 3.62. The van der Waals surface area contributed by atoms with E-state index in [1.165, 1.54) is 4.90 Å². The fourth-order valence-corrected chi connectivity index (χ4v) is 4.59. The number of rotatable bonds is 6. The first-order chi connectivity index (χ1) is 7.65. The van der Waals surface area contributed by atoms with Crippen LogP contribution in [0.2, 0.25) is 5.02 Å². The van der Waals surface area contributed by atoms with E-state index in [1.807, 2.05) is 40.0 Å². The van der Waals surface area contributed by atoms with Crippen LogP contribution in [0.15, 0.2) is 29.2 Å². The van der Waals surface area contributed by atoms with Gasteiger partial charge >= 0.3 is 0 Å². The maximum Gasteiger partial charge on any atom is 0.152 e. The highest BCUT2D eigenvalue weighted by Crippen LogP contribution is 2.39. The van der Waals surface area contributed by atoms with Gasteiger partial charge in [0.25, 0.3) is 0 Å². The highest BCUT2D eigenvalue weighted by Gasteiger charge is 2.23. The summed E-state index contributed by atoms with van der Waals surface area (Å²) in [7, 11) is 3.75. The third-order valence-electron chi connectivity index (χ3n) is 2.82. The molecule has 0 aliphatic rings. The van der Waals surface area contributed by atoms with E-state index < -0.39 is 0 Å². The second kappa shape index (κ2) is 6.80. The van der Waals surface area contributed by atoms with Gasteiger partial charge in [-0.15, -0.1) is 0 Å². The second-order valence-corrected chi connectivity index (χ2v) is 6.57. The van der Waals surface area contributed by atoms with Crippen molar-refractivity contribution >= 4 is 33.4 Å². The van der Waals surface area contributed by atoms with Crippen molar-refractivity contribution < 1.29 is 3.89 Å². The summed E-state index contributed by atoms with van der Waals surface area (Å²) in [5, 5.41) is 0.813. The lowest BCUT2D eigenvalue weighted by Gasteiger charge is -2.31. The fourth-order valence-electron chi connectivity index (χ4n) is 1.47. The molecule has 0 unspecified atom stereocenters. The topological polar surface area (TPSA) is 0 Å². The summed E-state index contributed by atoms with van der Waals surface area (Å²) >= 11 is 5.97. The zero-order chi connectivity index (χ0) is 12.0. The summed E-state index contributed by atoms with van der Waals surface area (Å²) in [6.07, 6.45) is 0. The lowest BCUT2D eigenvalue weighted by atomic mass is 10.4. The van der Waals surface area contributed by atoms with E-state index in [1.54, 1.807) is 0 Å². The molecule has 0 radical (unpaired) electrons. The number of benzene rings is 1. The Bertz CT molecular complexity index is 318. The Morgan fingerprint density at radius 2 is 1.75 bits per heavy atom. The number of halogens is 1. The highest BCUT2D eigenvalue weighted by molar-refractivity contribution is 8.74. The van der Waals surface area contributed by atoms with E-state index >= 15 is 0 Å². The van der Waals surface area contributed by atoms with Gasteiger partial charge in [-0.05, 0) is 39.0 Å². The maximum absolute atomic E-state index is 5.97. The van der Waals surface area contributed by atoms with Crippen molar-refractivity contribution in [1.82, 2.24) is 0 Å². The molecule has 0 N–H and O–H groups in total. The molecule has 4 heteroatoms. The first-order valence-corrected chi connectivity index (χ1v) is 8.12. The molecule has 0 spiro atoms. The smallest absolute Gasteiger partial charge is 0.152 e. The van der Waals surface area contributed by atoms with Crippen LogP contribution in [0.4, 0.5) is 0 Å². The van der Waals surface area contributed by atoms with E-state index in [0.717, 1.165) is 28.5 Å². The fraction of sp³-hybridized carbons (Fsp3) is 0.500. The molecule has 0 aromatic heterocycles. The average Bonchev–Trinajstić information content (AvgIpc) is 2.32. The molecular weight excluding hydrogens is 258 g/mol. The van der Waals surface area contributed by atoms with Crippen molar-refractivity contribution in [2.24, 2.45) is 0 Å². The Hall–Kier alpha value is 0.170. The molecule has 1 nitrogen and oxygen atoms in total. The van der Waals surface area contributed by atoms with Crippen LogP contribution >= 0.6 is 33.4 Å². The lowest BCUT2D eigenvalue weighted by Crippen LogP contribution is -2.39. The molecule has 0 saturated heterocycles. The normalized spacial score (nSPS) is 11.8. The zero-order valence-corrected chi connectivity index (χ0v) is 12.5. The van der Waals surface area contributed by atoms with E-state index in [0.29, 0.717) is 0 Å². The van der Waals surface area contributed by atoms with Gasteiger partial charge in [-0.3, -0.25) is 3.89 Å². The van der Waals surface area contributed by atoms with Crippen molar-refractivity contribution in [2.45, 2.75) is 25.7 Å². The van der Waals surface area contributed by atoms with Crippen molar-refractivity contribution in [1.29, 1.82) is 0 Å². The third kappa shape index (κ3) is 3.88. The molecule has 0 saturated carbocycles. The van der Waals surface area contributed by atoms with Crippen LogP contribution in [0.5, 0.6) is 0 Å². The summed E-state index contributed by atoms with van der Waals surface area (Å²) in [4.78, 5) is 1.23. The van der Waals surface area contributed by atoms with Crippen LogP contribution in [0.25, 0.3) is 0 Å². The zero-order valence-electron chi connectivity index (χ0n) is 10.1. The minimum Gasteiger partial charge on any atom is -0.252 e. The van der Waals surface area contributed by atoms with Gasteiger partial charge in [-0.2, -0.15) is 0 Å². The largest absolute Gasteiger partial charge is 0.252 e. The van der Waals surface area contributed by atoms with Gasteiger partial charge in [-0.1, -0.05) is 17.7 Å². The standard InChI is InChI=1S/C12H19ClNS2/c1-4-14(5-2,6-3)16-15-12-9-7-8-11(13)10-12/h7-10H,4-6H2,1-3H3/q+1. The molecule has 0 aliphatic carbocycles. The van der Waals surface area contributed by atoms with Crippen LogP contribution in [-0.2, 0) is 0 Å². The Morgan fingerprint density at radius 3 is 2.25 bits per heavy atom. The van der Waals surface area contributed by atoms with Crippen LogP contribution < -0.4 is 0 Å². The first-order valence-electron chi connectivity index (χ1n) is 5.63. The maximum atomic E-state index is 5.97. The molecule has 1 aromatic carbocycles. The Labute approximate surface area is 112 Å². The van der Waals surface area contributed by atoms with Gasteiger partial charge < -0.3 is 0 Å². The van der Waals surface area contributed by atoms with Crippen LogP contribution in [-0.4, -0.2) is 23.5 Å². The first kappa shape index (κ1) is 14.2. The SMILES string of the molecule is CC[N+](CC)(CC)SSc1cccc(Cl)c1. The van der Waals surface area contributed by atoms with Crippen LogP contribution in [0.1, 0.15) is 20.8 Å². The van der Waals surface area contributed by atoms with Gasteiger partial charge in [0.05, 0.1) is 19.6 Å². The predicted molar refractivity (Wildman–Crippen MR) is 76.8 cm³/mol. The van der Waals surface area contributed by atoms with Gasteiger partial charge in [0, 0.05) is 20.7 Å². The van der Waals surface area contributed by atoms with E-state index in [2.05, 4.69) is 26.8 Å². The van der Waals surface area contributed by atoms with Gasteiger partial charge in [-0.25, -0.2) is 0 Å². The summed E-state index contributed by atoms with van der Waals surface area (Å²) in [5.74, 6) is 0. The van der Waals surface area contributed by atoms with Crippen molar-refractivity contribution in [2.75, 3.05) is 19.6 Å². The van der Waals surface area contributed by atoms with Crippen molar-refractivity contribution in [3.63, 3.8) is 0 Å². The van der Waals surface area contributed by atoms with Crippen molar-refractivity contribution in [3.8, 4) is 0 Å². The molecule has 1 aromatic rings. The molecule has 0 atom stereocenters. The van der Waals surface area contributed by atoms with E-state index in [9.17, 15) is 0 Å². The summed E-state index contributed by atoms with van der Waals surface area (Å²) in [6.45, 7) is 10.2. The summed E-state index contributed by atoms with van der Waals surface area (Å²) < 4.78 is 1.08. The minimum atomic E-state index is 0.813. The molecule has 0 heterocycles. The summed E-state index contributed by atoms with van der Waals surface area (Å²) in [5.41, 5.74) is 0. The Morgan fingerprint density at radius 1 is 1.12 bits per heavy atom. The molecule has 90 valence electrons.